The van der Waals surface area contributed by atoms with E-state index in [0.717, 1.165) is 25.3 Å². The molecule has 0 aliphatic heterocycles. The third kappa shape index (κ3) is 4.87. The fraction of sp³-hybridized carbons (Fsp3) is 0.533. The zero-order chi connectivity index (χ0) is 13.4. The number of hydrogen-bond acceptors (Lipinski definition) is 3. The summed E-state index contributed by atoms with van der Waals surface area (Å²) in [7, 11) is 0. The van der Waals surface area contributed by atoms with Gasteiger partial charge in [0.05, 0.1) is 12.2 Å². The van der Waals surface area contributed by atoms with Crippen LogP contribution in [0.3, 0.4) is 0 Å². The molecule has 0 saturated heterocycles. The van der Waals surface area contributed by atoms with E-state index in [1.54, 1.807) is 0 Å². The lowest BCUT2D eigenvalue weighted by molar-refractivity contribution is 0.310. The molecule has 0 unspecified atom stereocenters. The molecule has 0 bridgehead atoms. The summed E-state index contributed by atoms with van der Waals surface area (Å²) in [6.45, 7) is 9.69. The minimum absolute atomic E-state index is 0.478. The lowest BCUT2D eigenvalue weighted by Gasteiger charge is -2.19. The summed E-state index contributed by atoms with van der Waals surface area (Å²) in [5.41, 5.74) is 2.37. The Kier molecular flexibility index (Phi) is 6.42. The van der Waals surface area contributed by atoms with Crippen LogP contribution in [0.25, 0.3) is 0 Å². The fourth-order valence-electron chi connectivity index (χ4n) is 1.71. The van der Waals surface area contributed by atoms with Gasteiger partial charge in [0.2, 0.25) is 0 Å². The van der Waals surface area contributed by atoms with Crippen molar-refractivity contribution in [2.45, 2.75) is 39.9 Å². The average molecular weight is 245 g/mol. The molecule has 0 fully saturated rings. The molecule has 0 amide bonds. The molecule has 0 atom stereocenters. The lowest BCUT2D eigenvalue weighted by Crippen LogP contribution is -2.26. The highest BCUT2D eigenvalue weighted by Gasteiger charge is 2.08. The Morgan fingerprint density at radius 1 is 1.50 bits per heavy atom. The van der Waals surface area contributed by atoms with Crippen LogP contribution in [0.1, 0.15) is 32.0 Å². The molecule has 1 aromatic heterocycles. The van der Waals surface area contributed by atoms with Crippen LogP contribution in [0.5, 0.6) is 0 Å². The summed E-state index contributed by atoms with van der Waals surface area (Å²) >= 11 is 0. The van der Waals surface area contributed by atoms with Gasteiger partial charge in [0, 0.05) is 25.3 Å². The predicted octanol–water partition coefficient (Wildman–Crippen LogP) is 2.03. The van der Waals surface area contributed by atoms with Crippen LogP contribution in [-0.4, -0.2) is 29.0 Å². The van der Waals surface area contributed by atoms with Gasteiger partial charge >= 0.3 is 0 Å². The predicted molar refractivity (Wildman–Crippen MR) is 76.0 cm³/mol. The van der Waals surface area contributed by atoms with Gasteiger partial charge in [-0.05, 0) is 18.2 Å². The van der Waals surface area contributed by atoms with Crippen LogP contribution >= 0.6 is 0 Å². The Morgan fingerprint density at radius 3 is 2.89 bits per heavy atom. The maximum absolute atomic E-state index is 5.37. The van der Waals surface area contributed by atoms with E-state index in [0.29, 0.717) is 12.6 Å². The van der Waals surface area contributed by atoms with Crippen molar-refractivity contribution in [1.82, 2.24) is 15.2 Å². The van der Waals surface area contributed by atoms with Gasteiger partial charge in [-0.3, -0.25) is 9.88 Å². The largest absolute Gasteiger partial charge is 0.310 e. The van der Waals surface area contributed by atoms with Crippen molar-refractivity contribution in [3.63, 3.8) is 0 Å². The van der Waals surface area contributed by atoms with E-state index in [1.807, 2.05) is 12.3 Å². The van der Waals surface area contributed by atoms with E-state index < -0.39 is 0 Å². The van der Waals surface area contributed by atoms with Crippen LogP contribution in [-0.2, 0) is 13.1 Å². The molecular formula is C15H23N3. The van der Waals surface area contributed by atoms with Crippen LogP contribution in [0.4, 0.5) is 0 Å². The number of terminal acetylenes is 1. The lowest BCUT2D eigenvalue weighted by atomic mass is 10.1. The molecular weight excluding hydrogens is 222 g/mol. The Hall–Kier alpha value is -1.37. The summed E-state index contributed by atoms with van der Waals surface area (Å²) in [5, 5.41) is 3.43. The molecule has 1 N–H and O–H groups in total. The SMILES string of the molecule is C#CCN(CC)Cc1ncccc1CNC(C)C. The second-order valence-corrected chi connectivity index (χ2v) is 4.65. The molecule has 98 valence electrons. The number of hydrogen-bond donors (Lipinski definition) is 1. The van der Waals surface area contributed by atoms with Crippen LogP contribution < -0.4 is 5.32 Å². The Morgan fingerprint density at radius 2 is 2.28 bits per heavy atom. The molecule has 18 heavy (non-hydrogen) atoms. The molecule has 0 saturated carbocycles. The van der Waals surface area contributed by atoms with Gasteiger partial charge in [-0.25, -0.2) is 0 Å². The maximum atomic E-state index is 5.37. The zero-order valence-electron chi connectivity index (χ0n) is 11.6. The molecule has 3 nitrogen and oxygen atoms in total. The summed E-state index contributed by atoms with van der Waals surface area (Å²) in [4.78, 5) is 6.69. The normalized spacial score (nSPS) is 10.9. The van der Waals surface area contributed by atoms with Gasteiger partial charge in [-0.2, -0.15) is 0 Å². The van der Waals surface area contributed by atoms with Crippen molar-refractivity contribution >= 4 is 0 Å². The van der Waals surface area contributed by atoms with Gasteiger partial charge in [0.1, 0.15) is 0 Å². The molecule has 1 aromatic rings. The average Bonchev–Trinajstić information content (AvgIpc) is 2.37. The highest BCUT2D eigenvalue weighted by Crippen LogP contribution is 2.08. The van der Waals surface area contributed by atoms with Crippen molar-refractivity contribution in [3.05, 3.63) is 29.6 Å². The van der Waals surface area contributed by atoms with E-state index in [1.165, 1.54) is 5.56 Å². The molecule has 0 aliphatic rings. The number of nitrogens with zero attached hydrogens (tertiary/aromatic N) is 2. The van der Waals surface area contributed by atoms with Gasteiger partial charge in [-0.1, -0.05) is 32.8 Å². The minimum Gasteiger partial charge on any atom is -0.310 e. The number of rotatable bonds is 7. The standard InChI is InChI=1S/C15H23N3/c1-5-10-18(6-2)12-15-14(8-7-9-16-15)11-17-13(3)4/h1,7-9,13,17H,6,10-12H2,2-4H3. The molecule has 0 aliphatic carbocycles. The van der Waals surface area contributed by atoms with E-state index in [9.17, 15) is 0 Å². The second-order valence-electron chi connectivity index (χ2n) is 4.65. The number of aromatic nitrogens is 1. The third-order valence-corrected chi connectivity index (χ3v) is 2.82. The van der Waals surface area contributed by atoms with E-state index in [-0.39, 0.29) is 0 Å². The highest BCUT2D eigenvalue weighted by molar-refractivity contribution is 5.19. The molecule has 3 heteroatoms. The van der Waals surface area contributed by atoms with Crippen molar-refractivity contribution in [2.75, 3.05) is 13.1 Å². The van der Waals surface area contributed by atoms with Gasteiger partial charge in [-0.15, -0.1) is 6.42 Å². The first-order valence-electron chi connectivity index (χ1n) is 6.49. The van der Waals surface area contributed by atoms with Crippen molar-refractivity contribution in [1.29, 1.82) is 0 Å². The smallest absolute Gasteiger partial charge is 0.0602 e. The number of pyridine rings is 1. The molecule has 0 spiro atoms. The van der Waals surface area contributed by atoms with Crippen LogP contribution in [0, 0.1) is 12.3 Å². The van der Waals surface area contributed by atoms with Crippen molar-refractivity contribution in [2.24, 2.45) is 0 Å². The highest BCUT2D eigenvalue weighted by atomic mass is 15.1. The monoisotopic (exact) mass is 245 g/mol. The van der Waals surface area contributed by atoms with Gasteiger partial charge in [0.25, 0.3) is 0 Å². The Labute approximate surface area is 111 Å². The van der Waals surface area contributed by atoms with E-state index >= 15 is 0 Å². The second kappa shape index (κ2) is 7.86. The minimum atomic E-state index is 0.478. The quantitative estimate of drug-likeness (QED) is 0.745. The first kappa shape index (κ1) is 14.7. The van der Waals surface area contributed by atoms with Crippen LogP contribution in [0.15, 0.2) is 18.3 Å². The molecule has 1 rings (SSSR count). The zero-order valence-corrected chi connectivity index (χ0v) is 11.6. The fourth-order valence-corrected chi connectivity index (χ4v) is 1.71. The van der Waals surface area contributed by atoms with Gasteiger partial charge < -0.3 is 5.32 Å². The summed E-state index contributed by atoms with van der Waals surface area (Å²) in [6.07, 6.45) is 7.22. The number of nitrogens with one attached hydrogen (secondary N) is 1. The summed E-state index contributed by atoms with van der Waals surface area (Å²) in [5.74, 6) is 2.69. The third-order valence-electron chi connectivity index (χ3n) is 2.82. The molecule has 0 radical (unpaired) electrons. The Bertz CT molecular complexity index is 393. The first-order chi connectivity index (χ1) is 8.67. The van der Waals surface area contributed by atoms with E-state index in [2.05, 4.69) is 48.0 Å². The summed E-state index contributed by atoms with van der Waals surface area (Å²) in [6, 6.07) is 4.59. The maximum Gasteiger partial charge on any atom is 0.0602 e. The molecule has 0 aromatic carbocycles. The van der Waals surface area contributed by atoms with Crippen molar-refractivity contribution in [3.8, 4) is 12.3 Å². The van der Waals surface area contributed by atoms with Gasteiger partial charge in [0.15, 0.2) is 0 Å². The topological polar surface area (TPSA) is 28.2 Å². The van der Waals surface area contributed by atoms with Crippen molar-refractivity contribution < 1.29 is 0 Å². The molecule has 1 heterocycles. The van der Waals surface area contributed by atoms with Crippen LogP contribution in [0.2, 0.25) is 0 Å². The first-order valence-corrected chi connectivity index (χ1v) is 6.49. The summed E-state index contributed by atoms with van der Waals surface area (Å²) < 4.78 is 0. The Balaban J connectivity index is 2.72. The van der Waals surface area contributed by atoms with E-state index in [4.69, 9.17) is 6.42 Å².